The van der Waals surface area contributed by atoms with E-state index in [1.54, 1.807) is 18.2 Å². The van der Waals surface area contributed by atoms with Gasteiger partial charge in [-0.25, -0.2) is 4.79 Å². The molecule has 15 nitrogen and oxygen atoms in total. The number of nitrogens with zero attached hydrogens (tertiary/aromatic N) is 1. The molecule has 244 valence electrons. The average molecular weight is 636 g/mol. The summed E-state index contributed by atoms with van der Waals surface area (Å²) in [4.78, 5) is 69.2. The molecule has 0 saturated carbocycles. The first kappa shape index (κ1) is 36.1. The van der Waals surface area contributed by atoms with Gasteiger partial charge >= 0.3 is 18.1 Å². The van der Waals surface area contributed by atoms with Gasteiger partial charge in [-0.05, 0) is 24.6 Å². The van der Waals surface area contributed by atoms with Crippen molar-refractivity contribution in [3.8, 4) is 0 Å². The molecule has 1 aromatic rings. The lowest BCUT2D eigenvalue weighted by Gasteiger charge is -2.27. The van der Waals surface area contributed by atoms with Gasteiger partial charge in [-0.2, -0.15) is 13.2 Å². The lowest BCUT2D eigenvalue weighted by molar-refractivity contribution is -0.192. The molecular formula is C26H32F3N3O12. The molecule has 1 aromatic carbocycles. The molecule has 4 N–H and O–H groups in total. The first-order valence-corrected chi connectivity index (χ1v) is 13.2. The number of alkyl halides is 3. The normalized spacial score (nSPS) is 16.2. The quantitative estimate of drug-likeness (QED) is 0.137. The third-order valence-electron chi connectivity index (χ3n) is 5.83. The van der Waals surface area contributed by atoms with Gasteiger partial charge in [0.05, 0.1) is 70.4 Å². The number of ether oxygens (including phenoxy) is 4. The van der Waals surface area contributed by atoms with Crippen LogP contribution < -0.4 is 10.6 Å². The fourth-order valence-corrected chi connectivity index (χ4v) is 3.77. The predicted molar refractivity (Wildman–Crippen MR) is 141 cm³/mol. The molecule has 3 rings (SSSR count). The Bertz CT molecular complexity index is 1190. The number of aliphatic carboxylic acids is 2. The average Bonchev–Trinajstić information content (AvgIpc) is 3.19. The third-order valence-corrected chi connectivity index (χ3v) is 5.83. The van der Waals surface area contributed by atoms with E-state index in [1.807, 2.05) is 0 Å². The molecule has 18 heteroatoms. The number of amides is 4. The molecule has 1 atom stereocenters. The number of carbonyl (C=O) groups excluding carboxylic acids is 4. The molecule has 44 heavy (non-hydrogen) atoms. The summed E-state index contributed by atoms with van der Waals surface area (Å²) in [6, 6.07) is 3.80. The second kappa shape index (κ2) is 17.9. The fourth-order valence-electron chi connectivity index (χ4n) is 3.77. The first-order chi connectivity index (χ1) is 20.8. The number of fused-ring (bicyclic) bond motifs is 1. The monoisotopic (exact) mass is 635 g/mol. The third kappa shape index (κ3) is 11.9. The molecule has 1 saturated heterocycles. The van der Waals surface area contributed by atoms with Gasteiger partial charge in [-0.1, -0.05) is 0 Å². The summed E-state index contributed by atoms with van der Waals surface area (Å²) in [6.45, 7) is 3.28. The molecule has 4 amide bonds. The van der Waals surface area contributed by atoms with E-state index < -0.39 is 47.8 Å². The second-order valence-corrected chi connectivity index (χ2v) is 9.03. The van der Waals surface area contributed by atoms with Crippen molar-refractivity contribution in [3.63, 3.8) is 0 Å². The number of halogens is 3. The first-order valence-electron chi connectivity index (χ1n) is 13.2. The summed E-state index contributed by atoms with van der Waals surface area (Å²) >= 11 is 0. The standard InChI is InChI=1S/C24H31N3O10.C2HF3O2/c28-20-4-3-19(22(31)26-20)27-23(32)17-2-1-16(15-18(17)24(27)33)25-6-8-35-10-12-37-14-13-36-11-9-34-7-5-21(29)30;3-2(4,5)1(6)7/h1-2,15,19,25H,3-14H2,(H,29,30)(H,26,28,31);(H,6,7). The maximum Gasteiger partial charge on any atom is 0.490 e. The van der Waals surface area contributed by atoms with Gasteiger partial charge < -0.3 is 34.5 Å². The van der Waals surface area contributed by atoms with Gasteiger partial charge in [0.2, 0.25) is 11.8 Å². The van der Waals surface area contributed by atoms with Gasteiger partial charge in [-0.3, -0.25) is 34.2 Å². The van der Waals surface area contributed by atoms with Crippen molar-refractivity contribution in [1.82, 2.24) is 10.2 Å². The van der Waals surface area contributed by atoms with Crippen LogP contribution in [-0.4, -0.2) is 122 Å². The molecule has 0 bridgehead atoms. The van der Waals surface area contributed by atoms with Gasteiger partial charge in [0.15, 0.2) is 0 Å². The Morgan fingerprint density at radius 2 is 1.39 bits per heavy atom. The topological polar surface area (TPSA) is 207 Å². The fraction of sp³-hybridized carbons (Fsp3) is 0.538. The second-order valence-electron chi connectivity index (χ2n) is 9.03. The van der Waals surface area contributed by atoms with E-state index in [1.165, 1.54) is 0 Å². The van der Waals surface area contributed by atoms with Gasteiger partial charge in [0, 0.05) is 18.7 Å². The van der Waals surface area contributed by atoms with Gasteiger partial charge in [0.25, 0.3) is 11.8 Å². The van der Waals surface area contributed by atoms with Crippen LogP contribution in [0.3, 0.4) is 0 Å². The van der Waals surface area contributed by atoms with Crippen LogP contribution in [0, 0.1) is 0 Å². The molecule has 0 aromatic heterocycles. The van der Waals surface area contributed by atoms with E-state index in [4.69, 9.17) is 34.0 Å². The Balaban J connectivity index is 0.000000860. The summed E-state index contributed by atoms with van der Waals surface area (Å²) in [5, 5.41) is 20.9. The lowest BCUT2D eigenvalue weighted by atomic mass is 10.0. The molecule has 2 heterocycles. The SMILES string of the molecule is O=C(O)C(F)(F)F.O=C(O)CCOCCOCCOCCOCCNc1ccc2c(c1)C(=O)N(C1CCC(=O)NC1=O)C2=O. The molecule has 0 spiro atoms. The summed E-state index contributed by atoms with van der Waals surface area (Å²) in [5.41, 5.74) is 1.07. The Kier molecular flexibility index (Phi) is 14.6. The predicted octanol–water partition coefficient (Wildman–Crippen LogP) is 0.674. The highest BCUT2D eigenvalue weighted by atomic mass is 19.4. The molecule has 0 aliphatic carbocycles. The van der Waals surface area contributed by atoms with Crippen LogP contribution in [0.15, 0.2) is 18.2 Å². The number of hydrogen-bond donors (Lipinski definition) is 4. The van der Waals surface area contributed by atoms with Crippen LogP contribution in [0.2, 0.25) is 0 Å². The van der Waals surface area contributed by atoms with Crippen LogP contribution in [0.5, 0.6) is 0 Å². The van der Waals surface area contributed by atoms with E-state index in [0.29, 0.717) is 58.5 Å². The zero-order valence-electron chi connectivity index (χ0n) is 23.4. The lowest BCUT2D eigenvalue weighted by Crippen LogP contribution is -2.54. The van der Waals surface area contributed by atoms with Crippen molar-refractivity contribution in [1.29, 1.82) is 0 Å². The number of carbonyl (C=O) groups is 6. The largest absolute Gasteiger partial charge is 0.490 e. The van der Waals surface area contributed by atoms with Crippen LogP contribution in [0.25, 0.3) is 0 Å². The van der Waals surface area contributed by atoms with Gasteiger partial charge in [-0.15, -0.1) is 0 Å². The van der Waals surface area contributed by atoms with Crippen LogP contribution in [0.4, 0.5) is 18.9 Å². The van der Waals surface area contributed by atoms with Crippen molar-refractivity contribution in [2.75, 3.05) is 64.7 Å². The summed E-state index contributed by atoms with van der Waals surface area (Å²) in [6.07, 6.45) is -4.93. The van der Waals surface area contributed by atoms with Crippen molar-refractivity contribution in [2.24, 2.45) is 0 Å². The van der Waals surface area contributed by atoms with Crippen LogP contribution >= 0.6 is 0 Å². The van der Waals surface area contributed by atoms with Crippen LogP contribution in [0.1, 0.15) is 40.0 Å². The number of imide groups is 2. The van der Waals surface area contributed by atoms with Crippen molar-refractivity contribution >= 4 is 41.3 Å². The van der Waals surface area contributed by atoms with E-state index >= 15 is 0 Å². The Labute approximate surface area is 248 Å². The number of hydrogen-bond acceptors (Lipinski definition) is 11. The minimum atomic E-state index is -5.08. The number of rotatable bonds is 17. The van der Waals surface area contributed by atoms with E-state index in [2.05, 4.69) is 10.6 Å². The summed E-state index contributed by atoms with van der Waals surface area (Å²) in [5.74, 6) is -5.81. The molecule has 1 unspecified atom stereocenters. The number of piperidine rings is 1. The number of carboxylic acid groups (broad SMARTS) is 2. The van der Waals surface area contributed by atoms with Crippen molar-refractivity contribution < 1.29 is 71.1 Å². The maximum atomic E-state index is 12.8. The Morgan fingerprint density at radius 3 is 1.91 bits per heavy atom. The highest BCUT2D eigenvalue weighted by molar-refractivity contribution is 6.23. The zero-order chi connectivity index (χ0) is 32.7. The molecule has 2 aliphatic heterocycles. The zero-order valence-corrected chi connectivity index (χ0v) is 23.4. The van der Waals surface area contributed by atoms with Crippen molar-refractivity contribution in [2.45, 2.75) is 31.5 Å². The number of benzene rings is 1. The summed E-state index contributed by atoms with van der Waals surface area (Å²) in [7, 11) is 0. The van der Waals surface area contributed by atoms with E-state index in [-0.39, 0.29) is 37.0 Å². The smallest absolute Gasteiger partial charge is 0.481 e. The highest BCUT2D eigenvalue weighted by Crippen LogP contribution is 2.29. The Hall–Kier alpha value is -4.13. The summed E-state index contributed by atoms with van der Waals surface area (Å²) < 4.78 is 53.0. The Morgan fingerprint density at radius 1 is 0.864 bits per heavy atom. The molecular weight excluding hydrogens is 603 g/mol. The molecule has 0 radical (unpaired) electrons. The highest BCUT2D eigenvalue weighted by Gasteiger charge is 2.44. The minimum absolute atomic E-state index is 0.0299. The van der Waals surface area contributed by atoms with E-state index in [0.717, 1.165) is 4.90 Å². The number of nitrogens with one attached hydrogen (secondary N) is 2. The maximum absolute atomic E-state index is 12.8. The minimum Gasteiger partial charge on any atom is -0.481 e. The van der Waals surface area contributed by atoms with Crippen LogP contribution in [-0.2, 0) is 38.1 Å². The van der Waals surface area contributed by atoms with Gasteiger partial charge in [0.1, 0.15) is 6.04 Å². The number of anilines is 1. The number of carboxylic acids is 2. The van der Waals surface area contributed by atoms with Crippen molar-refractivity contribution in [3.05, 3.63) is 29.3 Å². The molecule has 1 fully saturated rings. The molecule has 2 aliphatic rings. The van der Waals surface area contributed by atoms with E-state index in [9.17, 15) is 37.1 Å².